The predicted molar refractivity (Wildman–Crippen MR) is 63.6 cm³/mol. The van der Waals surface area contributed by atoms with E-state index in [1.54, 1.807) is 0 Å². The van der Waals surface area contributed by atoms with E-state index >= 15 is 0 Å². The second kappa shape index (κ2) is 5.65. The zero-order valence-corrected chi connectivity index (χ0v) is 10.4. The maximum Gasteiger partial charge on any atom is 0.291 e. The normalized spacial score (nSPS) is 10.5. The van der Waals surface area contributed by atoms with Crippen molar-refractivity contribution in [3.63, 3.8) is 0 Å². The SMILES string of the molecule is COc1ccc(C(=O)Nc2nnc(C(F)F)s2)cn1. The van der Waals surface area contributed by atoms with Gasteiger partial charge < -0.3 is 4.74 Å². The Morgan fingerprint density at radius 2 is 2.21 bits per heavy atom. The summed E-state index contributed by atoms with van der Waals surface area (Å²) in [4.78, 5) is 15.6. The minimum atomic E-state index is -2.70. The maximum atomic E-state index is 12.3. The number of aromatic nitrogens is 3. The van der Waals surface area contributed by atoms with E-state index < -0.39 is 17.3 Å². The summed E-state index contributed by atoms with van der Waals surface area (Å²) in [5.41, 5.74) is 0.259. The zero-order valence-electron chi connectivity index (χ0n) is 9.63. The van der Waals surface area contributed by atoms with E-state index in [9.17, 15) is 13.6 Å². The molecule has 2 aromatic heterocycles. The number of halogens is 2. The average Bonchev–Trinajstić information content (AvgIpc) is 2.87. The number of carbonyl (C=O) groups excluding carboxylic acids is 1. The summed E-state index contributed by atoms with van der Waals surface area (Å²) in [7, 11) is 1.45. The number of hydrogen-bond acceptors (Lipinski definition) is 6. The fourth-order valence-corrected chi connectivity index (χ4v) is 1.77. The smallest absolute Gasteiger partial charge is 0.291 e. The molecule has 2 rings (SSSR count). The molecule has 0 saturated heterocycles. The number of rotatable bonds is 4. The number of nitrogens with one attached hydrogen (secondary N) is 1. The van der Waals surface area contributed by atoms with Gasteiger partial charge in [0.05, 0.1) is 12.7 Å². The van der Waals surface area contributed by atoms with Crippen molar-refractivity contribution in [2.24, 2.45) is 0 Å². The number of carbonyl (C=O) groups is 1. The molecule has 0 aliphatic heterocycles. The minimum absolute atomic E-state index is 0.0103. The van der Waals surface area contributed by atoms with Crippen LogP contribution in [0.25, 0.3) is 0 Å². The molecule has 0 aliphatic carbocycles. The van der Waals surface area contributed by atoms with Crippen molar-refractivity contribution in [1.82, 2.24) is 15.2 Å². The topological polar surface area (TPSA) is 77.0 Å². The number of anilines is 1. The number of hydrogen-bond donors (Lipinski definition) is 1. The van der Waals surface area contributed by atoms with Gasteiger partial charge in [0.1, 0.15) is 0 Å². The molecule has 0 unspecified atom stereocenters. The Bertz CT molecular complexity index is 573. The van der Waals surface area contributed by atoms with Crippen molar-refractivity contribution >= 4 is 22.4 Å². The monoisotopic (exact) mass is 286 g/mol. The molecule has 100 valence electrons. The van der Waals surface area contributed by atoms with E-state index in [-0.39, 0.29) is 10.7 Å². The van der Waals surface area contributed by atoms with Crippen LogP contribution in [-0.4, -0.2) is 28.2 Å². The van der Waals surface area contributed by atoms with Crippen LogP contribution in [0.2, 0.25) is 0 Å². The molecule has 0 bridgehead atoms. The maximum absolute atomic E-state index is 12.3. The summed E-state index contributed by atoms with van der Waals surface area (Å²) >= 11 is 0.622. The summed E-state index contributed by atoms with van der Waals surface area (Å²) in [5.74, 6) is -0.139. The molecule has 2 heterocycles. The van der Waals surface area contributed by atoms with Gasteiger partial charge in [-0.2, -0.15) is 0 Å². The standard InChI is InChI=1S/C10H8F2N4O2S/c1-18-6-3-2-5(4-13-6)8(17)14-10-16-15-9(19-10)7(11)12/h2-4,7H,1H3,(H,14,16,17). The van der Waals surface area contributed by atoms with E-state index in [0.717, 1.165) is 0 Å². The van der Waals surface area contributed by atoms with Gasteiger partial charge in [0.15, 0.2) is 5.01 Å². The van der Waals surface area contributed by atoms with Crippen LogP contribution in [0.3, 0.4) is 0 Å². The van der Waals surface area contributed by atoms with Crippen molar-refractivity contribution in [2.75, 3.05) is 12.4 Å². The molecule has 0 aliphatic rings. The Kier molecular flexibility index (Phi) is 3.95. The Hall–Kier alpha value is -2.16. The lowest BCUT2D eigenvalue weighted by Crippen LogP contribution is -2.12. The number of pyridine rings is 1. The lowest BCUT2D eigenvalue weighted by molar-refractivity contribution is 0.102. The van der Waals surface area contributed by atoms with Crippen LogP contribution >= 0.6 is 11.3 Å². The number of alkyl halides is 2. The fraction of sp³-hybridized carbons (Fsp3) is 0.200. The van der Waals surface area contributed by atoms with Crippen molar-refractivity contribution in [1.29, 1.82) is 0 Å². The van der Waals surface area contributed by atoms with Crippen LogP contribution in [0, 0.1) is 0 Å². The highest BCUT2D eigenvalue weighted by Gasteiger charge is 2.16. The van der Waals surface area contributed by atoms with Crippen LogP contribution in [-0.2, 0) is 0 Å². The number of methoxy groups -OCH3 is 1. The van der Waals surface area contributed by atoms with Crippen molar-refractivity contribution in [3.05, 3.63) is 28.9 Å². The Morgan fingerprint density at radius 1 is 1.42 bits per heavy atom. The molecule has 2 aromatic rings. The third-order valence-electron chi connectivity index (χ3n) is 2.06. The van der Waals surface area contributed by atoms with Crippen LogP contribution in [0.1, 0.15) is 21.8 Å². The van der Waals surface area contributed by atoms with Crippen LogP contribution in [0.5, 0.6) is 5.88 Å². The molecule has 6 nitrogen and oxygen atoms in total. The quantitative estimate of drug-likeness (QED) is 0.931. The molecule has 0 radical (unpaired) electrons. The minimum Gasteiger partial charge on any atom is -0.481 e. The largest absolute Gasteiger partial charge is 0.481 e. The first-order valence-electron chi connectivity index (χ1n) is 5.03. The average molecular weight is 286 g/mol. The summed E-state index contributed by atoms with van der Waals surface area (Å²) in [6.45, 7) is 0. The first kappa shape index (κ1) is 13.3. The molecule has 19 heavy (non-hydrogen) atoms. The number of ether oxygens (including phenoxy) is 1. The number of nitrogens with zero attached hydrogens (tertiary/aromatic N) is 3. The molecule has 0 spiro atoms. The van der Waals surface area contributed by atoms with Gasteiger partial charge >= 0.3 is 0 Å². The molecular formula is C10H8F2N4O2S. The van der Waals surface area contributed by atoms with E-state index in [4.69, 9.17) is 4.74 Å². The van der Waals surface area contributed by atoms with Crippen LogP contribution in [0.4, 0.5) is 13.9 Å². The highest BCUT2D eigenvalue weighted by atomic mass is 32.1. The lowest BCUT2D eigenvalue weighted by Gasteiger charge is -2.01. The van der Waals surface area contributed by atoms with Gasteiger partial charge in [-0.25, -0.2) is 13.8 Å². The summed E-state index contributed by atoms with van der Waals surface area (Å²) in [6.07, 6.45) is -1.39. The fourth-order valence-electron chi connectivity index (χ4n) is 1.18. The van der Waals surface area contributed by atoms with E-state index in [1.807, 2.05) is 0 Å². The van der Waals surface area contributed by atoms with Gasteiger partial charge in [0.2, 0.25) is 11.0 Å². The van der Waals surface area contributed by atoms with Gasteiger partial charge in [-0.1, -0.05) is 11.3 Å². The molecule has 1 amide bonds. The molecule has 9 heteroatoms. The van der Waals surface area contributed by atoms with Gasteiger partial charge in [-0.05, 0) is 6.07 Å². The molecule has 0 saturated carbocycles. The van der Waals surface area contributed by atoms with Gasteiger partial charge in [0, 0.05) is 12.3 Å². The predicted octanol–water partition coefficient (Wildman–Crippen LogP) is 2.13. The van der Waals surface area contributed by atoms with Crippen LogP contribution < -0.4 is 10.1 Å². The molecule has 0 aromatic carbocycles. The highest BCUT2D eigenvalue weighted by molar-refractivity contribution is 7.15. The molecule has 0 atom stereocenters. The van der Waals surface area contributed by atoms with Crippen molar-refractivity contribution < 1.29 is 18.3 Å². The van der Waals surface area contributed by atoms with E-state index in [1.165, 1.54) is 25.4 Å². The third kappa shape index (κ3) is 3.19. The van der Waals surface area contributed by atoms with Crippen molar-refractivity contribution in [3.8, 4) is 5.88 Å². The second-order valence-corrected chi connectivity index (χ2v) is 4.30. The lowest BCUT2D eigenvalue weighted by atomic mass is 10.3. The first-order chi connectivity index (χ1) is 9.10. The zero-order chi connectivity index (χ0) is 13.8. The molecule has 1 N–H and O–H groups in total. The summed E-state index contributed by atoms with van der Waals surface area (Å²) < 4.78 is 29.4. The summed E-state index contributed by atoms with van der Waals surface area (Å²) in [5, 5.41) is 8.64. The Labute approximate surface area is 110 Å². The molecular weight excluding hydrogens is 278 g/mol. The van der Waals surface area contributed by atoms with E-state index in [2.05, 4.69) is 20.5 Å². The Morgan fingerprint density at radius 3 is 2.74 bits per heavy atom. The van der Waals surface area contributed by atoms with Crippen molar-refractivity contribution in [2.45, 2.75) is 6.43 Å². The van der Waals surface area contributed by atoms with Gasteiger partial charge in [0.25, 0.3) is 12.3 Å². The third-order valence-corrected chi connectivity index (χ3v) is 2.90. The molecule has 0 fully saturated rings. The van der Waals surface area contributed by atoms with Gasteiger partial charge in [-0.3, -0.25) is 10.1 Å². The summed E-state index contributed by atoms with van der Waals surface area (Å²) in [6, 6.07) is 3.01. The van der Waals surface area contributed by atoms with E-state index in [0.29, 0.717) is 17.2 Å². The first-order valence-corrected chi connectivity index (χ1v) is 5.84. The second-order valence-electron chi connectivity index (χ2n) is 3.29. The Balaban J connectivity index is 2.06. The van der Waals surface area contributed by atoms with Gasteiger partial charge in [-0.15, -0.1) is 10.2 Å². The highest BCUT2D eigenvalue weighted by Crippen LogP contribution is 2.25. The number of amides is 1. The van der Waals surface area contributed by atoms with Crippen LogP contribution in [0.15, 0.2) is 18.3 Å².